The van der Waals surface area contributed by atoms with Gasteiger partial charge in [-0.1, -0.05) is 0 Å². The summed E-state index contributed by atoms with van der Waals surface area (Å²) in [5, 5.41) is 0. The van der Waals surface area contributed by atoms with E-state index in [1.165, 1.54) is 0 Å². The molecule has 0 atom stereocenters. The summed E-state index contributed by atoms with van der Waals surface area (Å²) < 4.78 is 80.5. The monoisotopic (exact) mass is 339 g/mol. The quantitative estimate of drug-likeness (QED) is 0.768. The molecule has 0 spiro atoms. The molecule has 102 valence electrons. The van der Waals surface area contributed by atoms with Gasteiger partial charge in [0.1, 0.15) is 4.47 Å². The van der Waals surface area contributed by atoms with Crippen LogP contribution in [0.2, 0.25) is 0 Å². The highest BCUT2D eigenvalue weighted by molar-refractivity contribution is 9.10. The fourth-order valence-corrected chi connectivity index (χ4v) is 1.41. The number of nitrogens with zero attached hydrogens (tertiary/aromatic N) is 1. The summed E-state index contributed by atoms with van der Waals surface area (Å²) in [7, 11) is 0.963. The Hall–Kier alpha value is -1.19. The maximum atomic E-state index is 12.4. The fraction of sp³-hybridized carbons (Fsp3) is 0.375. The molecule has 0 saturated heterocycles. The third-order valence-electron chi connectivity index (χ3n) is 1.60. The minimum absolute atomic E-state index is 0.125. The minimum atomic E-state index is -5.13. The number of rotatable bonds is 2. The van der Waals surface area contributed by atoms with Crippen LogP contribution in [0, 0.1) is 0 Å². The Morgan fingerprint density at radius 3 is 2.11 bits per heavy atom. The van der Waals surface area contributed by atoms with Gasteiger partial charge >= 0.3 is 12.5 Å². The summed E-state index contributed by atoms with van der Waals surface area (Å²) in [6.45, 7) is 0. The Morgan fingerprint density at radius 2 is 1.72 bits per heavy atom. The first kappa shape index (κ1) is 14.9. The van der Waals surface area contributed by atoms with Crippen LogP contribution < -0.4 is 9.47 Å². The molecule has 1 aromatic rings. The summed E-state index contributed by atoms with van der Waals surface area (Å²) in [4.78, 5) is 3.01. The van der Waals surface area contributed by atoms with E-state index in [1.54, 1.807) is 0 Å². The van der Waals surface area contributed by atoms with E-state index in [0.717, 1.165) is 7.11 Å². The molecule has 0 amide bonds. The Morgan fingerprint density at radius 1 is 1.17 bits per heavy atom. The second kappa shape index (κ2) is 4.82. The maximum Gasteiger partial charge on any atom is 0.573 e. The van der Waals surface area contributed by atoms with Crippen LogP contribution in [0.5, 0.6) is 11.6 Å². The molecule has 0 fully saturated rings. The van der Waals surface area contributed by atoms with E-state index < -0.39 is 34.3 Å². The third-order valence-corrected chi connectivity index (χ3v) is 2.33. The van der Waals surface area contributed by atoms with E-state index in [9.17, 15) is 26.3 Å². The zero-order chi connectivity index (χ0) is 14.1. The van der Waals surface area contributed by atoms with Gasteiger partial charge in [-0.2, -0.15) is 13.2 Å². The Labute approximate surface area is 105 Å². The summed E-state index contributed by atoms with van der Waals surface area (Å²) in [5.74, 6) is -1.74. The predicted octanol–water partition coefficient (Wildman–Crippen LogP) is 3.77. The number of aromatic nitrogens is 1. The van der Waals surface area contributed by atoms with Crippen molar-refractivity contribution in [2.24, 2.45) is 0 Å². The summed E-state index contributed by atoms with van der Waals surface area (Å²) in [6, 6.07) is 0.125. The van der Waals surface area contributed by atoms with Crippen LogP contribution in [0.25, 0.3) is 0 Å². The lowest BCUT2D eigenvalue weighted by Crippen LogP contribution is -2.19. The normalized spacial score (nSPS) is 12.4. The van der Waals surface area contributed by atoms with Crippen LogP contribution in [0.4, 0.5) is 26.3 Å². The molecule has 18 heavy (non-hydrogen) atoms. The molecule has 0 N–H and O–H groups in total. The fourth-order valence-electron chi connectivity index (χ4n) is 0.963. The zero-order valence-electron chi connectivity index (χ0n) is 8.49. The van der Waals surface area contributed by atoms with Crippen LogP contribution in [-0.2, 0) is 6.18 Å². The highest BCUT2D eigenvalue weighted by atomic mass is 79.9. The van der Waals surface area contributed by atoms with E-state index in [-0.39, 0.29) is 6.07 Å². The molecule has 0 aliphatic rings. The molecule has 10 heteroatoms. The zero-order valence-corrected chi connectivity index (χ0v) is 10.1. The number of hydrogen-bond donors (Lipinski definition) is 0. The molecular formula is C8H4BrF6NO2. The van der Waals surface area contributed by atoms with Crippen molar-refractivity contribution in [3.05, 3.63) is 16.2 Å². The molecule has 1 heterocycles. The summed E-state index contributed by atoms with van der Waals surface area (Å²) in [6.07, 6.45) is -10.0. The average molecular weight is 340 g/mol. The molecule has 3 nitrogen and oxygen atoms in total. The number of ether oxygens (including phenoxy) is 2. The van der Waals surface area contributed by atoms with E-state index in [0.29, 0.717) is 0 Å². The van der Waals surface area contributed by atoms with Gasteiger partial charge in [0.25, 0.3) is 0 Å². The lowest BCUT2D eigenvalue weighted by molar-refractivity contribution is -0.275. The van der Waals surface area contributed by atoms with Crippen LogP contribution in [0.3, 0.4) is 0 Å². The lowest BCUT2D eigenvalue weighted by Gasteiger charge is -2.14. The number of methoxy groups -OCH3 is 1. The van der Waals surface area contributed by atoms with Gasteiger partial charge in [0.2, 0.25) is 5.88 Å². The van der Waals surface area contributed by atoms with Crippen molar-refractivity contribution in [3.63, 3.8) is 0 Å². The molecule has 0 radical (unpaired) electrons. The van der Waals surface area contributed by atoms with Gasteiger partial charge in [-0.05, 0) is 15.9 Å². The molecule has 0 aliphatic carbocycles. The first-order valence-electron chi connectivity index (χ1n) is 4.12. The van der Waals surface area contributed by atoms with Crippen LogP contribution >= 0.6 is 15.9 Å². The van der Waals surface area contributed by atoms with E-state index in [1.807, 2.05) is 0 Å². The Kier molecular flexibility index (Phi) is 3.99. The second-order valence-corrected chi connectivity index (χ2v) is 3.67. The van der Waals surface area contributed by atoms with E-state index in [2.05, 4.69) is 30.4 Å². The number of halogens is 7. The van der Waals surface area contributed by atoms with Gasteiger partial charge in [-0.15, -0.1) is 13.2 Å². The minimum Gasteiger partial charge on any atom is -0.480 e. The van der Waals surface area contributed by atoms with E-state index >= 15 is 0 Å². The topological polar surface area (TPSA) is 31.4 Å². The van der Waals surface area contributed by atoms with Crippen LogP contribution in [0.15, 0.2) is 10.5 Å². The van der Waals surface area contributed by atoms with Crippen molar-refractivity contribution in [1.29, 1.82) is 0 Å². The molecular weight excluding hydrogens is 336 g/mol. The molecule has 1 aromatic heterocycles. The van der Waals surface area contributed by atoms with Gasteiger partial charge < -0.3 is 9.47 Å². The summed E-state index contributed by atoms with van der Waals surface area (Å²) >= 11 is 2.62. The van der Waals surface area contributed by atoms with Crippen LogP contribution in [-0.4, -0.2) is 18.5 Å². The van der Waals surface area contributed by atoms with Crippen molar-refractivity contribution in [1.82, 2.24) is 4.98 Å². The third kappa shape index (κ3) is 3.65. The highest BCUT2D eigenvalue weighted by Crippen LogP contribution is 2.40. The summed E-state index contributed by atoms with van der Waals surface area (Å²) in [5.41, 5.74) is -1.55. The SMILES string of the molecule is COc1nc(C(F)(F)F)cc(OC(F)(F)F)c1Br. The largest absolute Gasteiger partial charge is 0.573 e. The molecule has 0 unspecified atom stereocenters. The average Bonchev–Trinajstić information content (AvgIpc) is 2.17. The van der Waals surface area contributed by atoms with Crippen molar-refractivity contribution in [2.75, 3.05) is 7.11 Å². The number of hydrogen-bond acceptors (Lipinski definition) is 3. The smallest absolute Gasteiger partial charge is 0.480 e. The lowest BCUT2D eigenvalue weighted by atomic mass is 10.3. The van der Waals surface area contributed by atoms with Gasteiger partial charge in [-0.25, -0.2) is 4.98 Å². The first-order valence-corrected chi connectivity index (χ1v) is 4.91. The predicted molar refractivity (Wildman–Crippen MR) is 50.2 cm³/mol. The number of pyridine rings is 1. The Bertz CT molecular complexity index is 444. The molecule has 0 bridgehead atoms. The molecule has 0 saturated carbocycles. The molecule has 0 aliphatic heterocycles. The van der Waals surface area contributed by atoms with Crippen molar-refractivity contribution >= 4 is 15.9 Å². The first-order chi connectivity index (χ1) is 8.04. The van der Waals surface area contributed by atoms with Gasteiger partial charge in [0.15, 0.2) is 11.4 Å². The van der Waals surface area contributed by atoms with Crippen molar-refractivity contribution < 1.29 is 35.8 Å². The van der Waals surface area contributed by atoms with Gasteiger partial charge in [0, 0.05) is 6.07 Å². The molecule has 1 rings (SSSR count). The standard InChI is InChI=1S/C8H4BrF6NO2/c1-17-6-5(9)3(18-8(13,14)15)2-4(16-6)7(10,11)12/h2H,1H3. The highest BCUT2D eigenvalue weighted by Gasteiger charge is 2.38. The van der Waals surface area contributed by atoms with Crippen molar-refractivity contribution in [2.45, 2.75) is 12.5 Å². The van der Waals surface area contributed by atoms with E-state index in [4.69, 9.17) is 0 Å². The van der Waals surface area contributed by atoms with Crippen molar-refractivity contribution in [3.8, 4) is 11.6 Å². The molecule has 0 aromatic carbocycles. The van der Waals surface area contributed by atoms with Crippen LogP contribution in [0.1, 0.15) is 5.69 Å². The van der Waals surface area contributed by atoms with Gasteiger partial charge in [0.05, 0.1) is 7.11 Å². The number of alkyl halides is 6. The maximum absolute atomic E-state index is 12.4. The second-order valence-electron chi connectivity index (χ2n) is 2.87. The Balaban J connectivity index is 3.32. The van der Waals surface area contributed by atoms with Gasteiger partial charge in [-0.3, -0.25) is 0 Å².